The quantitative estimate of drug-likeness (QED) is 0.316. The van der Waals surface area contributed by atoms with E-state index >= 15 is 0 Å². The van der Waals surface area contributed by atoms with Crippen LogP contribution in [0.1, 0.15) is 25.0 Å². The Kier molecular flexibility index (Phi) is 3.12. The van der Waals surface area contributed by atoms with Gasteiger partial charge in [0.1, 0.15) is 11.2 Å². The van der Waals surface area contributed by atoms with Crippen LogP contribution in [0.25, 0.3) is 44.2 Å². The molecule has 29 heavy (non-hydrogen) atoms. The lowest BCUT2D eigenvalue weighted by Gasteiger charge is -2.21. The summed E-state index contributed by atoms with van der Waals surface area (Å²) in [6.07, 6.45) is 0. The average Bonchev–Trinajstić information content (AvgIpc) is 3.22. The minimum atomic E-state index is 0.00431. The van der Waals surface area contributed by atoms with Gasteiger partial charge in [0.05, 0.1) is 0 Å². The molecule has 0 saturated heterocycles. The van der Waals surface area contributed by atoms with E-state index in [1.54, 1.807) is 0 Å². The topological polar surface area (TPSA) is 39.2 Å². The van der Waals surface area contributed by atoms with Crippen LogP contribution in [0.5, 0.6) is 0 Å². The fraction of sp³-hybridized carbons (Fsp3) is 0.111. The molecule has 0 saturated carbocycles. The number of nitrogens with two attached hydrogens (primary N) is 1. The normalized spacial score (nSPS) is 14.3. The van der Waals surface area contributed by atoms with Gasteiger partial charge in [-0.05, 0) is 52.1 Å². The van der Waals surface area contributed by atoms with Gasteiger partial charge in [0.15, 0.2) is 0 Å². The van der Waals surface area contributed by atoms with E-state index < -0.39 is 0 Å². The van der Waals surface area contributed by atoms with Crippen LogP contribution in [0.3, 0.4) is 0 Å². The highest BCUT2D eigenvalue weighted by molar-refractivity contribution is 6.15. The molecular formula is C27H21NO. The molecular weight excluding hydrogens is 354 g/mol. The van der Waals surface area contributed by atoms with Crippen molar-refractivity contribution in [2.75, 3.05) is 5.73 Å². The van der Waals surface area contributed by atoms with Gasteiger partial charge in [0.2, 0.25) is 0 Å². The lowest BCUT2D eigenvalue weighted by Crippen LogP contribution is -2.14. The van der Waals surface area contributed by atoms with E-state index in [2.05, 4.69) is 62.4 Å². The smallest absolute Gasteiger partial charge is 0.136 e. The van der Waals surface area contributed by atoms with Gasteiger partial charge < -0.3 is 10.2 Å². The summed E-state index contributed by atoms with van der Waals surface area (Å²) in [6.45, 7) is 4.60. The monoisotopic (exact) mass is 375 g/mol. The Morgan fingerprint density at radius 3 is 2.38 bits per heavy atom. The van der Waals surface area contributed by atoms with Gasteiger partial charge in [-0.2, -0.15) is 0 Å². The number of furan rings is 1. The number of nitrogen functional groups attached to an aromatic ring is 1. The van der Waals surface area contributed by atoms with Crippen LogP contribution in [0, 0.1) is 0 Å². The van der Waals surface area contributed by atoms with Crippen LogP contribution in [0.2, 0.25) is 0 Å². The van der Waals surface area contributed by atoms with Gasteiger partial charge in [0, 0.05) is 27.4 Å². The van der Waals surface area contributed by atoms with E-state index in [1.807, 2.05) is 30.3 Å². The molecule has 140 valence electrons. The summed E-state index contributed by atoms with van der Waals surface area (Å²) in [5, 5.41) is 2.19. The highest BCUT2D eigenvalue weighted by Crippen LogP contribution is 2.50. The van der Waals surface area contributed by atoms with Crippen molar-refractivity contribution in [1.82, 2.24) is 0 Å². The molecule has 0 spiro atoms. The highest BCUT2D eigenvalue weighted by atomic mass is 16.3. The molecule has 2 N–H and O–H groups in total. The summed E-state index contributed by atoms with van der Waals surface area (Å²) in [4.78, 5) is 0. The molecule has 0 atom stereocenters. The Morgan fingerprint density at radius 2 is 1.48 bits per heavy atom. The van der Waals surface area contributed by atoms with Gasteiger partial charge in [-0.15, -0.1) is 0 Å². The number of rotatable bonds is 1. The van der Waals surface area contributed by atoms with E-state index in [0.717, 1.165) is 38.8 Å². The van der Waals surface area contributed by atoms with Gasteiger partial charge >= 0.3 is 0 Å². The fourth-order valence-corrected chi connectivity index (χ4v) is 5.02. The van der Waals surface area contributed by atoms with Crippen molar-refractivity contribution in [1.29, 1.82) is 0 Å². The molecule has 0 amide bonds. The Hall–Kier alpha value is -3.52. The molecule has 1 heterocycles. The molecule has 0 unspecified atom stereocenters. The van der Waals surface area contributed by atoms with Crippen molar-refractivity contribution in [3.05, 3.63) is 90.0 Å². The predicted octanol–water partition coefficient (Wildman–Crippen LogP) is 7.14. The zero-order valence-corrected chi connectivity index (χ0v) is 16.5. The molecule has 1 aromatic heterocycles. The zero-order chi connectivity index (χ0) is 19.8. The third kappa shape index (κ3) is 2.11. The number of benzene rings is 4. The van der Waals surface area contributed by atoms with Crippen molar-refractivity contribution in [2.24, 2.45) is 0 Å². The molecule has 4 aromatic carbocycles. The van der Waals surface area contributed by atoms with Crippen molar-refractivity contribution in [3.8, 4) is 22.3 Å². The summed E-state index contributed by atoms with van der Waals surface area (Å²) >= 11 is 0. The molecule has 0 aliphatic heterocycles. The number of para-hydroxylation sites is 1. The Morgan fingerprint density at radius 1 is 0.724 bits per heavy atom. The molecule has 5 aromatic rings. The maximum atomic E-state index is 6.52. The van der Waals surface area contributed by atoms with Crippen LogP contribution in [0.15, 0.2) is 83.3 Å². The fourth-order valence-electron chi connectivity index (χ4n) is 5.02. The third-order valence-corrected chi connectivity index (χ3v) is 6.45. The SMILES string of the molecule is CC1(C)c2ccccc2-c2cc(-c3c(N)ccc4oc5ccccc5c34)ccc21. The molecule has 0 fully saturated rings. The first-order valence-corrected chi connectivity index (χ1v) is 10.0. The molecule has 1 aliphatic rings. The van der Waals surface area contributed by atoms with Crippen molar-refractivity contribution in [2.45, 2.75) is 19.3 Å². The number of hydrogen-bond acceptors (Lipinski definition) is 2. The standard InChI is InChI=1S/C27H21NO/c1-27(2)20-9-5-3-7-17(20)19-15-16(11-12-21(19)27)25-22(28)13-14-24-26(25)18-8-4-6-10-23(18)29-24/h3-15H,28H2,1-2H3. The van der Waals surface area contributed by atoms with E-state index in [0.29, 0.717) is 0 Å². The summed E-state index contributed by atoms with van der Waals surface area (Å²) in [5.74, 6) is 0. The molecule has 2 nitrogen and oxygen atoms in total. The summed E-state index contributed by atoms with van der Waals surface area (Å²) in [5.41, 5.74) is 16.6. The third-order valence-electron chi connectivity index (χ3n) is 6.45. The number of hydrogen-bond donors (Lipinski definition) is 1. The first-order valence-electron chi connectivity index (χ1n) is 10.0. The van der Waals surface area contributed by atoms with Crippen LogP contribution >= 0.6 is 0 Å². The minimum Gasteiger partial charge on any atom is -0.456 e. The maximum absolute atomic E-state index is 6.52. The van der Waals surface area contributed by atoms with E-state index in [-0.39, 0.29) is 5.41 Å². The predicted molar refractivity (Wildman–Crippen MR) is 121 cm³/mol. The molecule has 0 bridgehead atoms. The second kappa shape index (κ2) is 5.51. The molecule has 0 radical (unpaired) electrons. The van der Waals surface area contributed by atoms with Gasteiger partial charge in [0.25, 0.3) is 0 Å². The number of fused-ring (bicyclic) bond motifs is 6. The van der Waals surface area contributed by atoms with Gasteiger partial charge in [-0.1, -0.05) is 68.4 Å². The highest BCUT2D eigenvalue weighted by Gasteiger charge is 2.35. The lowest BCUT2D eigenvalue weighted by atomic mass is 9.82. The van der Waals surface area contributed by atoms with Crippen LogP contribution in [-0.4, -0.2) is 0 Å². The summed E-state index contributed by atoms with van der Waals surface area (Å²) in [7, 11) is 0. The molecule has 6 rings (SSSR count). The first kappa shape index (κ1) is 16.4. The Balaban J connectivity index is 1.68. The van der Waals surface area contributed by atoms with E-state index in [4.69, 9.17) is 10.2 Å². The van der Waals surface area contributed by atoms with Gasteiger partial charge in [-0.3, -0.25) is 0 Å². The van der Waals surface area contributed by atoms with Crippen molar-refractivity contribution in [3.63, 3.8) is 0 Å². The van der Waals surface area contributed by atoms with Gasteiger partial charge in [-0.25, -0.2) is 0 Å². The van der Waals surface area contributed by atoms with E-state index in [1.165, 1.54) is 22.3 Å². The lowest BCUT2D eigenvalue weighted by molar-refractivity contribution is 0.660. The van der Waals surface area contributed by atoms with Crippen molar-refractivity contribution >= 4 is 27.6 Å². The van der Waals surface area contributed by atoms with E-state index in [9.17, 15) is 0 Å². The average molecular weight is 375 g/mol. The van der Waals surface area contributed by atoms with Crippen LogP contribution < -0.4 is 5.73 Å². The second-order valence-electron chi connectivity index (χ2n) is 8.43. The second-order valence-corrected chi connectivity index (χ2v) is 8.43. The summed E-state index contributed by atoms with van der Waals surface area (Å²) in [6, 6.07) is 27.6. The van der Waals surface area contributed by atoms with Crippen LogP contribution in [-0.2, 0) is 5.41 Å². The Bertz CT molecular complexity index is 1440. The molecule has 2 heteroatoms. The summed E-state index contributed by atoms with van der Waals surface area (Å²) < 4.78 is 6.10. The number of anilines is 1. The zero-order valence-electron chi connectivity index (χ0n) is 16.5. The largest absolute Gasteiger partial charge is 0.456 e. The van der Waals surface area contributed by atoms with Crippen LogP contribution in [0.4, 0.5) is 5.69 Å². The minimum absolute atomic E-state index is 0.00431. The van der Waals surface area contributed by atoms with Crippen molar-refractivity contribution < 1.29 is 4.42 Å². The maximum Gasteiger partial charge on any atom is 0.136 e. The Labute approximate surface area is 169 Å². The first-order chi connectivity index (χ1) is 14.1. The molecule has 1 aliphatic carbocycles.